The number of methoxy groups -OCH3 is 2. The first kappa shape index (κ1) is 16.8. The molecular formula is C12H26N2O4S. The van der Waals surface area contributed by atoms with Crippen LogP contribution in [0.2, 0.25) is 0 Å². The van der Waals surface area contributed by atoms with Gasteiger partial charge >= 0.3 is 0 Å². The van der Waals surface area contributed by atoms with Gasteiger partial charge in [-0.2, -0.15) is 4.31 Å². The minimum atomic E-state index is -3.21. The quantitative estimate of drug-likeness (QED) is 0.641. The molecule has 1 heterocycles. The predicted molar refractivity (Wildman–Crippen MR) is 74.7 cm³/mol. The van der Waals surface area contributed by atoms with E-state index in [-0.39, 0.29) is 18.0 Å². The highest BCUT2D eigenvalue weighted by atomic mass is 32.2. The maximum absolute atomic E-state index is 12.2. The third-order valence-corrected chi connectivity index (χ3v) is 5.20. The van der Waals surface area contributed by atoms with Crippen LogP contribution in [0.5, 0.6) is 0 Å². The van der Waals surface area contributed by atoms with Crippen molar-refractivity contribution in [2.45, 2.75) is 38.5 Å². The smallest absolute Gasteiger partial charge is 0.214 e. The molecule has 1 rings (SSSR count). The van der Waals surface area contributed by atoms with Crippen molar-refractivity contribution in [2.24, 2.45) is 0 Å². The molecule has 7 heteroatoms. The predicted octanol–water partition coefficient (Wildman–Crippen LogP) is 0.0499. The summed E-state index contributed by atoms with van der Waals surface area (Å²) in [4.78, 5) is 0. The Morgan fingerprint density at radius 3 is 2.16 bits per heavy atom. The Hall–Kier alpha value is -0.210. The second kappa shape index (κ2) is 7.54. The van der Waals surface area contributed by atoms with Crippen LogP contribution in [0.4, 0.5) is 0 Å². The molecule has 6 nitrogen and oxygen atoms in total. The molecule has 0 aromatic carbocycles. The zero-order valence-corrected chi connectivity index (χ0v) is 13.1. The van der Waals surface area contributed by atoms with Crippen molar-refractivity contribution in [3.8, 4) is 0 Å². The standard InChI is InChI=1S/C12H26N2O4S/c1-10(2)13-6-5-7-19(15,16)14-8-11(17-3)12(9-14)18-4/h10-13H,5-9H2,1-4H3. The van der Waals surface area contributed by atoms with Crippen molar-refractivity contribution in [3.63, 3.8) is 0 Å². The molecule has 0 spiro atoms. The van der Waals surface area contributed by atoms with Gasteiger partial charge in [0, 0.05) is 33.4 Å². The summed E-state index contributed by atoms with van der Waals surface area (Å²) >= 11 is 0. The SMILES string of the molecule is COC1CN(S(=O)(=O)CCCNC(C)C)CC1OC. The molecule has 0 aromatic rings. The van der Waals surface area contributed by atoms with E-state index in [9.17, 15) is 8.42 Å². The minimum absolute atomic E-state index is 0.166. The highest BCUT2D eigenvalue weighted by molar-refractivity contribution is 7.89. The van der Waals surface area contributed by atoms with Gasteiger partial charge in [-0.25, -0.2) is 8.42 Å². The van der Waals surface area contributed by atoms with E-state index in [1.165, 1.54) is 4.31 Å². The molecule has 2 unspecified atom stereocenters. The molecule has 1 aliphatic rings. The van der Waals surface area contributed by atoms with Gasteiger partial charge in [0.2, 0.25) is 10.0 Å². The van der Waals surface area contributed by atoms with Crippen molar-refractivity contribution in [2.75, 3.05) is 39.6 Å². The second-order valence-corrected chi connectivity index (χ2v) is 7.23. The van der Waals surface area contributed by atoms with E-state index in [2.05, 4.69) is 5.32 Å². The van der Waals surface area contributed by atoms with Crippen molar-refractivity contribution in [1.82, 2.24) is 9.62 Å². The van der Waals surface area contributed by atoms with E-state index >= 15 is 0 Å². The van der Waals surface area contributed by atoms with E-state index in [1.54, 1.807) is 14.2 Å². The van der Waals surface area contributed by atoms with Gasteiger partial charge in [0.1, 0.15) is 0 Å². The Morgan fingerprint density at radius 1 is 1.21 bits per heavy atom. The first-order valence-electron chi connectivity index (χ1n) is 6.67. The van der Waals surface area contributed by atoms with E-state index < -0.39 is 10.0 Å². The summed E-state index contributed by atoms with van der Waals surface area (Å²) in [6.07, 6.45) is 0.272. The van der Waals surface area contributed by atoms with Crippen LogP contribution in [0.1, 0.15) is 20.3 Å². The number of hydrogen-bond acceptors (Lipinski definition) is 5. The second-order valence-electron chi connectivity index (χ2n) is 5.14. The maximum atomic E-state index is 12.2. The number of rotatable bonds is 8. The van der Waals surface area contributed by atoms with Crippen molar-refractivity contribution < 1.29 is 17.9 Å². The first-order valence-corrected chi connectivity index (χ1v) is 8.28. The van der Waals surface area contributed by atoms with Gasteiger partial charge in [0.05, 0.1) is 18.0 Å². The molecule has 0 aliphatic carbocycles. The number of ether oxygens (including phenoxy) is 2. The van der Waals surface area contributed by atoms with E-state index in [1.807, 2.05) is 13.8 Å². The molecule has 114 valence electrons. The highest BCUT2D eigenvalue weighted by Crippen LogP contribution is 2.19. The van der Waals surface area contributed by atoms with Crippen LogP contribution >= 0.6 is 0 Å². The van der Waals surface area contributed by atoms with E-state index in [4.69, 9.17) is 9.47 Å². The molecule has 0 bridgehead atoms. The Bertz CT molecular complexity index is 347. The summed E-state index contributed by atoms with van der Waals surface area (Å²) in [6, 6.07) is 0.380. The number of nitrogens with zero attached hydrogens (tertiary/aromatic N) is 1. The topological polar surface area (TPSA) is 67.9 Å². The Kier molecular flexibility index (Phi) is 6.68. The fourth-order valence-corrected chi connectivity index (χ4v) is 3.68. The fraction of sp³-hybridized carbons (Fsp3) is 1.00. The fourth-order valence-electron chi connectivity index (χ4n) is 2.17. The summed E-state index contributed by atoms with van der Waals surface area (Å²) in [5, 5.41) is 3.22. The zero-order chi connectivity index (χ0) is 14.5. The lowest BCUT2D eigenvalue weighted by molar-refractivity contribution is -0.00461. The maximum Gasteiger partial charge on any atom is 0.214 e. The van der Waals surface area contributed by atoms with Gasteiger partial charge in [-0.15, -0.1) is 0 Å². The third-order valence-electron chi connectivity index (χ3n) is 3.31. The van der Waals surface area contributed by atoms with Crippen molar-refractivity contribution in [1.29, 1.82) is 0 Å². The van der Waals surface area contributed by atoms with Crippen LogP contribution in [0, 0.1) is 0 Å². The molecule has 0 saturated carbocycles. The molecule has 0 amide bonds. The number of nitrogens with one attached hydrogen (secondary N) is 1. The lowest BCUT2D eigenvalue weighted by Gasteiger charge is -2.16. The molecule has 1 fully saturated rings. The summed E-state index contributed by atoms with van der Waals surface area (Å²) in [7, 11) is -0.0452. The summed E-state index contributed by atoms with van der Waals surface area (Å²) in [6.45, 7) is 5.57. The molecule has 0 aromatic heterocycles. The largest absolute Gasteiger partial charge is 0.377 e. The molecule has 2 atom stereocenters. The molecule has 19 heavy (non-hydrogen) atoms. The lowest BCUT2D eigenvalue weighted by Crippen LogP contribution is -2.34. The molecule has 1 aliphatic heterocycles. The minimum Gasteiger partial charge on any atom is -0.377 e. The van der Waals surface area contributed by atoms with E-state index in [0.717, 1.165) is 0 Å². The summed E-state index contributed by atoms with van der Waals surface area (Å²) in [5.41, 5.74) is 0. The van der Waals surface area contributed by atoms with Gasteiger partial charge in [-0.3, -0.25) is 0 Å². The normalized spacial score (nSPS) is 25.3. The highest BCUT2D eigenvalue weighted by Gasteiger charge is 2.38. The van der Waals surface area contributed by atoms with Gasteiger partial charge in [-0.05, 0) is 13.0 Å². The molecule has 1 saturated heterocycles. The van der Waals surface area contributed by atoms with Crippen molar-refractivity contribution in [3.05, 3.63) is 0 Å². The summed E-state index contributed by atoms with van der Waals surface area (Å²) < 4.78 is 36.4. The molecular weight excluding hydrogens is 268 g/mol. The third kappa shape index (κ3) is 5.00. The first-order chi connectivity index (χ1) is 8.90. The van der Waals surface area contributed by atoms with Gasteiger partial charge in [-0.1, -0.05) is 13.8 Å². The van der Waals surface area contributed by atoms with Crippen LogP contribution in [-0.2, 0) is 19.5 Å². The van der Waals surface area contributed by atoms with Crippen LogP contribution in [0.15, 0.2) is 0 Å². The average molecular weight is 294 g/mol. The number of hydrogen-bond donors (Lipinski definition) is 1. The van der Waals surface area contributed by atoms with Crippen LogP contribution in [0.3, 0.4) is 0 Å². The number of sulfonamides is 1. The van der Waals surface area contributed by atoms with Crippen LogP contribution in [-0.4, -0.2) is 70.6 Å². The van der Waals surface area contributed by atoms with Crippen LogP contribution < -0.4 is 5.32 Å². The molecule has 0 radical (unpaired) electrons. The Labute approximate surface area is 116 Å². The average Bonchev–Trinajstić information content (AvgIpc) is 2.78. The van der Waals surface area contributed by atoms with E-state index in [0.29, 0.717) is 32.1 Å². The zero-order valence-electron chi connectivity index (χ0n) is 12.3. The Balaban J connectivity index is 2.45. The summed E-state index contributed by atoms with van der Waals surface area (Å²) in [5.74, 6) is 0.166. The Morgan fingerprint density at radius 2 is 1.74 bits per heavy atom. The van der Waals surface area contributed by atoms with Gasteiger partial charge < -0.3 is 14.8 Å². The van der Waals surface area contributed by atoms with Gasteiger partial charge in [0.25, 0.3) is 0 Å². The lowest BCUT2D eigenvalue weighted by atomic mass is 10.3. The molecule has 1 N–H and O–H groups in total. The van der Waals surface area contributed by atoms with Crippen LogP contribution in [0.25, 0.3) is 0 Å². The van der Waals surface area contributed by atoms with Crippen molar-refractivity contribution >= 4 is 10.0 Å². The van der Waals surface area contributed by atoms with Gasteiger partial charge in [0.15, 0.2) is 0 Å². The monoisotopic (exact) mass is 294 g/mol.